The van der Waals surface area contributed by atoms with Crippen molar-refractivity contribution in [3.63, 3.8) is 0 Å². The Morgan fingerprint density at radius 1 is 1.10 bits per heavy atom. The monoisotopic (exact) mass is 432 g/mol. The van der Waals surface area contributed by atoms with E-state index in [4.69, 9.17) is 0 Å². The maximum absolute atomic E-state index is 12.6. The zero-order valence-corrected chi connectivity index (χ0v) is 13.8. The number of rotatable bonds is 5. The smallest absolute Gasteiger partial charge is 0.353 e. The Hall–Kier alpha value is 0.270. The second kappa shape index (κ2) is 7.23. The van der Waals surface area contributed by atoms with Gasteiger partial charge in [0.15, 0.2) is 0 Å². The fraction of sp³-hybridized carbons (Fsp3) is 1.00. The van der Waals surface area contributed by atoms with Gasteiger partial charge in [-0.15, -0.1) is 0 Å². The summed E-state index contributed by atoms with van der Waals surface area (Å²) in [5.74, 6) is 0.380. The maximum Gasteiger partial charge on any atom is 0.423 e. The van der Waals surface area contributed by atoms with E-state index >= 15 is 0 Å². The molecule has 0 amide bonds. The number of hydrogen-bond donors (Lipinski definition) is 0. The van der Waals surface area contributed by atoms with Crippen LogP contribution in [-0.2, 0) is 4.74 Å². The van der Waals surface area contributed by atoms with Gasteiger partial charge in [0, 0.05) is 4.43 Å². The summed E-state index contributed by atoms with van der Waals surface area (Å²) in [5, 5.41) is 0. The van der Waals surface area contributed by atoms with E-state index in [2.05, 4.69) is 4.74 Å². The number of alkyl halides is 7. The summed E-state index contributed by atoms with van der Waals surface area (Å²) in [5.41, 5.74) is -1.32. The molecule has 126 valence electrons. The Labute approximate surface area is 133 Å². The van der Waals surface area contributed by atoms with Crippen LogP contribution >= 0.6 is 22.6 Å². The first-order chi connectivity index (χ1) is 9.54. The van der Waals surface area contributed by atoms with E-state index < -0.39 is 24.1 Å². The third-order valence-electron chi connectivity index (χ3n) is 3.92. The average molecular weight is 432 g/mol. The lowest BCUT2D eigenvalue weighted by atomic mass is 9.78. The zero-order valence-electron chi connectivity index (χ0n) is 11.7. The normalized spacial score (nSPS) is 28.1. The molecular weight excluding hydrogens is 413 g/mol. The van der Waals surface area contributed by atoms with E-state index in [1.165, 1.54) is 0 Å². The summed E-state index contributed by atoms with van der Waals surface area (Å²) in [6.07, 6.45) is -10.9. The van der Waals surface area contributed by atoms with Crippen molar-refractivity contribution in [1.82, 2.24) is 0 Å². The van der Waals surface area contributed by atoms with Gasteiger partial charge in [-0.1, -0.05) is 42.4 Å². The Bertz CT molecular complexity index is 306. The van der Waals surface area contributed by atoms with Gasteiger partial charge < -0.3 is 4.74 Å². The van der Waals surface area contributed by atoms with Gasteiger partial charge in [0.2, 0.25) is 6.10 Å². The van der Waals surface area contributed by atoms with Gasteiger partial charge in [-0.05, 0) is 31.6 Å². The Morgan fingerprint density at radius 2 is 1.57 bits per heavy atom. The molecule has 1 fully saturated rings. The van der Waals surface area contributed by atoms with Crippen LogP contribution in [-0.4, -0.2) is 28.5 Å². The number of hydrogen-bond acceptors (Lipinski definition) is 1. The first-order valence-corrected chi connectivity index (χ1v) is 8.44. The van der Waals surface area contributed by atoms with Crippen LogP contribution in [0.4, 0.5) is 26.3 Å². The van der Waals surface area contributed by atoms with E-state index in [-0.39, 0.29) is 17.3 Å². The minimum Gasteiger partial charge on any atom is -0.353 e. The Kier molecular flexibility index (Phi) is 6.65. The molecule has 21 heavy (non-hydrogen) atoms. The highest BCUT2D eigenvalue weighted by Crippen LogP contribution is 2.44. The number of ether oxygens (including phenoxy) is 1. The first kappa shape index (κ1) is 19.3. The van der Waals surface area contributed by atoms with Crippen molar-refractivity contribution in [3.05, 3.63) is 0 Å². The van der Waals surface area contributed by atoms with Crippen LogP contribution in [0.1, 0.15) is 45.4 Å². The van der Waals surface area contributed by atoms with Gasteiger partial charge in [0.1, 0.15) is 0 Å². The topological polar surface area (TPSA) is 9.23 Å². The minimum absolute atomic E-state index is 0.131. The van der Waals surface area contributed by atoms with E-state index in [1.807, 2.05) is 29.5 Å². The van der Waals surface area contributed by atoms with Gasteiger partial charge >= 0.3 is 12.4 Å². The Morgan fingerprint density at radius 3 is 1.90 bits per heavy atom. The van der Waals surface area contributed by atoms with Gasteiger partial charge in [0.05, 0.1) is 5.60 Å². The van der Waals surface area contributed by atoms with E-state index in [1.54, 1.807) is 0 Å². The fourth-order valence-corrected chi connectivity index (χ4v) is 3.70. The highest BCUT2D eigenvalue weighted by molar-refractivity contribution is 14.1. The van der Waals surface area contributed by atoms with Crippen LogP contribution in [0.5, 0.6) is 0 Å². The minimum atomic E-state index is -5.43. The number of halogens is 7. The molecule has 0 unspecified atom stereocenters. The molecule has 0 aromatic rings. The molecule has 0 aliphatic heterocycles. The lowest BCUT2D eigenvalue weighted by molar-refractivity contribution is -0.345. The summed E-state index contributed by atoms with van der Waals surface area (Å²) >= 11 is 1.82. The molecule has 0 saturated heterocycles. The van der Waals surface area contributed by atoms with Crippen molar-refractivity contribution in [2.75, 3.05) is 4.43 Å². The molecule has 0 atom stereocenters. The zero-order chi connectivity index (χ0) is 16.3. The molecule has 0 heterocycles. The van der Waals surface area contributed by atoms with Crippen molar-refractivity contribution in [2.24, 2.45) is 5.92 Å². The summed E-state index contributed by atoms with van der Waals surface area (Å²) < 4.78 is 80.5. The molecule has 1 saturated carbocycles. The van der Waals surface area contributed by atoms with E-state index in [0.29, 0.717) is 18.8 Å². The highest BCUT2D eigenvalue weighted by Gasteiger charge is 2.60. The molecule has 0 spiro atoms. The summed E-state index contributed by atoms with van der Waals surface area (Å²) in [4.78, 5) is 0. The predicted octanol–water partition coefficient (Wildman–Crippen LogP) is 5.66. The van der Waals surface area contributed by atoms with Crippen molar-refractivity contribution in [2.45, 2.75) is 69.5 Å². The van der Waals surface area contributed by atoms with Crippen molar-refractivity contribution in [1.29, 1.82) is 0 Å². The van der Waals surface area contributed by atoms with Gasteiger partial charge in [0.25, 0.3) is 0 Å². The van der Waals surface area contributed by atoms with Crippen LogP contribution in [0.2, 0.25) is 0 Å². The lowest BCUT2D eigenvalue weighted by Gasteiger charge is -2.42. The summed E-state index contributed by atoms with van der Waals surface area (Å²) in [7, 11) is 0. The van der Waals surface area contributed by atoms with Crippen LogP contribution in [0.25, 0.3) is 0 Å². The third-order valence-corrected chi connectivity index (χ3v) is 5.31. The lowest BCUT2D eigenvalue weighted by Crippen LogP contribution is -2.52. The molecule has 1 aliphatic rings. The average Bonchev–Trinajstić information content (AvgIpc) is 2.36. The standard InChI is InChI=1S/C13H19F6IO/c1-2-3-9-4-6-11(8-20,7-5-9)21-10(12(14,15)16)13(17,18)19/h9-10H,2-8H2,1H3. The second-order valence-electron chi connectivity index (χ2n) is 5.63. The second-order valence-corrected chi connectivity index (χ2v) is 6.39. The van der Waals surface area contributed by atoms with Gasteiger partial charge in [-0.3, -0.25) is 0 Å². The van der Waals surface area contributed by atoms with Gasteiger partial charge in [-0.25, -0.2) is 0 Å². The largest absolute Gasteiger partial charge is 0.423 e. The molecule has 8 heteroatoms. The quantitative estimate of drug-likeness (QED) is 0.310. The molecule has 1 aliphatic carbocycles. The molecule has 1 rings (SSSR count). The van der Waals surface area contributed by atoms with Crippen molar-refractivity contribution < 1.29 is 31.1 Å². The molecule has 0 aromatic heterocycles. The van der Waals surface area contributed by atoms with Gasteiger partial charge in [-0.2, -0.15) is 26.3 Å². The third kappa shape index (κ3) is 5.44. The van der Waals surface area contributed by atoms with Crippen LogP contribution in [0, 0.1) is 5.92 Å². The van der Waals surface area contributed by atoms with Crippen molar-refractivity contribution in [3.8, 4) is 0 Å². The molecule has 0 aromatic carbocycles. The summed E-state index contributed by atoms with van der Waals surface area (Å²) in [6, 6.07) is 0. The summed E-state index contributed by atoms with van der Waals surface area (Å²) in [6.45, 7) is 2.01. The first-order valence-electron chi connectivity index (χ1n) is 6.91. The highest BCUT2D eigenvalue weighted by atomic mass is 127. The van der Waals surface area contributed by atoms with E-state index in [9.17, 15) is 26.3 Å². The maximum atomic E-state index is 12.6. The Balaban J connectivity index is 2.81. The van der Waals surface area contributed by atoms with Crippen LogP contribution in [0.3, 0.4) is 0 Å². The molecule has 0 radical (unpaired) electrons. The van der Waals surface area contributed by atoms with Crippen molar-refractivity contribution >= 4 is 22.6 Å². The van der Waals surface area contributed by atoms with Crippen LogP contribution in [0.15, 0.2) is 0 Å². The molecule has 0 bridgehead atoms. The van der Waals surface area contributed by atoms with E-state index in [0.717, 1.165) is 12.8 Å². The predicted molar refractivity (Wildman–Crippen MR) is 75.5 cm³/mol. The molecule has 0 N–H and O–H groups in total. The van der Waals surface area contributed by atoms with Crippen LogP contribution < -0.4 is 0 Å². The SMILES string of the molecule is CCCC1CCC(CI)(OC(C(F)(F)F)C(F)(F)F)CC1. The fourth-order valence-electron chi connectivity index (χ4n) is 2.75. The molecule has 1 nitrogen and oxygen atoms in total. The molecular formula is C13H19F6IO.